The van der Waals surface area contributed by atoms with Crippen molar-refractivity contribution >= 4 is 17.7 Å². The molecule has 0 radical (unpaired) electrons. The summed E-state index contributed by atoms with van der Waals surface area (Å²) in [7, 11) is 1.91. The number of carbonyl (C=O) groups excluding carboxylic acids is 1. The summed E-state index contributed by atoms with van der Waals surface area (Å²) in [5.41, 5.74) is 3.91. The summed E-state index contributed by atoms with van der Waals surface area (Å²) >= 11 is 0. The van der Waals surface area contributed by atoms with E-state index in [0.717, 1.165) is 22.6 Å². The third kappa shape index (κ3) is 3.21. The van der Waals surface area contributed by atoms with E-state index in [1.165, 1.54) is 0 Å². The average molecular weight is 283 g/mol. The minimum atomic E-state index is -0.0219. The highest BCUT2D eigenvalue weighted by atomic mass is 16.2. The lowest BCUT2D eigenvalue weighted by molar-refractivity contribution is -0.114. The molecule has 0 bridgehead atoms. The zero-order valence-corrected chi connectivity index (χ0v) is 13.0. The molecule has 0 atom stereocenters. The summed E-state index contributed by atoms with van der Waals surface area (Å²) in [4.78, 5) is 14.1. The Kier molecular flexibility index (Phi) is 4.58. The largest absolute Gasteiger partial charge is 0.309 e. The van der Waals surface area contributed by atoms with Crippen LogP contribution in [0, 0.1) is 13.8 Å². The van der Waals surface area contributed by atoms with Gasteiger partial charge in [0.2, 0.25) is 0 Å². The van der Waals surface area contributed by atoms with Gasteiger partial charge in [-0.15, -0.1) is 0 Å². The minimum absolute atomic E-state index is 0.0219. The van der Waals surface area contributed by atoms with E-state index < -0.39 is 0 Å². The molecule has 21 heavy (non-hydrogen) atoms. The van der Waals surface area contributed by atoms with Gasteiger partial charge in [0.25, 0.3) is 5.91 Å². The Labute approximate surface area is 125 Å². The number of likely N-dealkylation sites (N-methyl/N-ethyl adjacent to an activating group) is 1. The van der Waals surface area contributed by atoms with E-state index in [1.54, 1.807) is 11.0 Å². The lowest BCUT2D eigenvalue weighted by Crippen LogP contribution is -2.28. The highest BCUT2D eigenvalue weighted by Gasteiger charge is 2.11. The molecule has 0 aliphatic carbocycles. The Balaban J connectivity index is 2.22. The van der Waals surface area contributed by atoms with Gasteiger partial charge in [0.1, 0.15) is 0 Å². The predicted octanol–water partition coefficient (Wildman–Crippen LogP) is 3.10. The second-order valence-electron chi connectivity index (χ2n) is 4.96. The van der Waals surface area contributed by atoms with Crippen LogP contribution in [0.3, 0.4) is 0 Å². The number of hydrogen-bond acceptors (Lipinski definition) is 2. The molecule has 4 heteroatoms. The Morgan fingerprint density at radius 1 is 1.29 bits per heavy atom. The minimum Gasteiger partial charge on any atom is -0.309 e. The van der Waals surface area contributed by atoms with E-state index in [4.69, 9.17) is 0 Å². The quantitative estimate of drug-likeness (QED) is 0.809. The second kappa shape index (κ2) is 6.39. The number of benzene rings is 1. The van der Waals surface area contributed by atoms with E-state index in [0.29, 0.717) is 6.54 Å². The number of para-hydroxylation sites is 1. The van der Waals surface area contributed by atoms with Crippen LogP contribution < -0.4 is 4.90 Å². The van der Waals surface area contributed by atoms with Crippen molar-refractivity contribution in [1.29, 1.82) is 0 Å². The van der Waals surface area contributed by atoms with Crippen LogP contribution >= 0.6 is 0 Å². The molecule has 2 rings (SSSR count). The molecule has 0 saturated heterocycles. The topological polar surface area (TPSA) is 38.1 Å². The van der Waals surface area contributed by atoms with Crippen molar-refractivity contribution in [3.05, 3.63) is 53.4 Å². The maximum Gasteiger partial charge on any atom is 0.250 e. The van der Waals surface area contributed by atoms with Gasteiger partial charge in [-0.1, -0.05) is 18.2 Å². The van der Waals surface area contributed by atoms with Crippen molar-refractivity contribution < 1.29 is 4.79 Å². The number of aryl methyl sites for hydroxylation is 2. The van der Waals surface area contributed by atoms with Gasteiger partial charge in [0.05, 0.1) is 5.69 Å². The summed E-state index contributed by atoms with van der Waals surface area (Å²) in [5.74, 6) is -0.0219. The Bertz CT molecular complexity index is 656. The number of aromatic nitrogens is 2. The molecule has 1 amide bonds. The molecule has 2 aromatic rings. The summed E-state index contributed by atoms with van der Waals surface area (Å²) < 4.78 is 1.83. The molecule has 0 saturated carbocycles. The van der Waals surface area contributed by atoms with E-state index >= 15 is 0 Å². The third-order valence-electron chi connectivity index (χ3n) is 3.61. The highest BCUT2D eigenvalue weighted by molar-refractivity contribution is 6.03. The van der Waals surface area contributed by atoms with Gasteiger partial charge in [0.15, 0.2) is 0 Å². The standard InChI is InChI=1S/C17H21N3O/c1-5-20(15-9-7-6-8-10-15)17(21)12-11-16-13(2)18-19(4)14(16)3/h6-12H,5H2,1-4H3/b12-11-. The third-order valence-corrected chi connectivity index (χ3v) is 3.61. The number of carbonyl (C=O) groups is 1. The molecule has 4 nitrogen and oxygen atoms in total. The molecule has 0 fully saturated rings. The fourth-order valence-corrected chi connectivity index (χ4v) is 2.35. The number of rotatable bonds is 4. The van der Waals surface area contributed by atoms with Crippen molar-refractivity contribution in [2.45, 2.75) is 20.8 Å². The van der Waals surface area contributed by atoms with Crippen molar-refractivity contribution in [2.75, 3.05) is 11.4 Å². The molecule has 110 valence electrons. The molecular formula is C17H21N3O. The van der Waals surface area contributed by atoms with Gasteiger partial charge in [0, 0.05) is 36.6 Å². The second-order valence-corrected chi connectivity index (χ2v) is 4.96. The van der Waals surface area contributed by atoms with Crippen molar-refractivity contribution in [2.24, 2.45) is 7.05 Å². The lowest BCUT2D eigenvalue weighted by atomic mass is 10.2. The van der Waals surface area contributed by atoms with Gasteiger partial charge in [-0.25, -0.2) is 0 Å². The van der Waals surface area contributed by atoms with E-state index in [1.807, 2.05) is 68.9 Å². The number of nitrogens with zero attached hydrogens (tertiary/aromatic N) is 3. The Hall–Kier alpha value is -2.36. The van der Waals surface area contributed by atoms with Gasteiger partial charge >= 0.3 is 0 Å². The van der Waals surface area contributed by atoms with Gasteiger partial charge in [-0.05, 0) is 39.0 Å². The fourth-order valence-electron chi connectivity index (χ4n) is 2.35. The first-order valence-electron chi connectivity index (χ1n) is 7.09. The molecule has 0 unspecified atom stereocenters. The summed E-state index contributed by atoms with van der Waals surface area (Å²) in [6.07, 6.45) is 3.47. The molecule has 1 aromatic carbocycles. The normalized spacial score (nSPS) is 11.0. The van der Waals surface area contributed by atoms with Gasteiger partial charge in [-0.3, -0.25) is 9.48 Å². The SMILES string of the molecule is CCN(C(=O)/C=C\c1c(C)nn(C)c1C)c1ccccc1. The predicted molar refractivity (Wildman–Crippen MR) is 86.2 cm³/mol. The van der Waals surface area contributed by atoms with E-state index in [9.17, 15) is 4.79 Å². The number of hydrogen-bond donors (Lipinski definition) is 0. The molecule has 0 aliphatic heterocycles. The Morgan fingerprint density at radius 3 is 2.48 bits per heavy atom. The van der Waals surface area contributed by atoms with Crippen LogP contribution in [0.4, 0.5) is 5.69 Å². The van der Waals surface area contributed by atoms with Gasteiger partial charge in [-0.2, -0.15) is 5.10 Å². The van der Waals surface area contributed by atoms with Crippen LogP contribution in [-0.2, 0) is 11.8 Å². The maximum absolute atomic E-state index is 12.4. The van der Waals surface area contributed by atoms with Crippen molar-refractivity contribution in [3.8, 4) is 0 Å². The number of anilines is 1. The first kappa shape index (κ1) is 15.0. The first-order chi connectivity index (χ1) is 10.0. The molecule has 0 N–H and O–H groups in total. The monoisotopic (exact) mass is 283 g/mol. The zero-order chi connectivity index (χ0) is 15.4. The fraction of sp³-hybridized carbons (Fsp3) is 0.294. The Morgan fingerprint density at radius 2 is 1.95 bits per heavy atom. The van der Waals surface area contributed by atoms with Crippen molar-refractivity contribution in [3.63, 3.8) is 0 Å². The van der Waals surface area contributed by atoms with Crippen LogP contribution in [0.2, 0.25) is 0 Å². The van der Waals surface area contributed by atoms with E-state index in [2.05, 4.69) is 5.10 Å². The van der Waals surface area contributed by atoms with Crippen LogP contribution in [0.1, 0.15) is 23.9 Å². The highest BCUT2D eigenvalue weighted by Crippen LogP contribution is 2.16. The maximum atomic E-state index is 12.4. The average Bonchev–Trinajstić information content (AvgIpc) is 2.72. The molecule has 1 aromatic heterocycles. The lowest BCUT2D eigenvalue weighted by Gasteiger charge is -2.19. The first-order valence-corrected chi connectivity index (χ1v) is 7.09. The molecule has 1 heterocycles. The molecule has 0 spiro atoms. The zero-order valence-electron chi connectivity index (χ0n) is 13.0. The number of amides is 1. The molecule has 0 aliphatic rings. The summed E-state index contributed by atoms with van der Waals surface area (Å²) in [6, 6.07) is 9.69. The summed E-state index contributed by atoms with van der Waals surface area (Å²) in [6.45, 7) is 6.56. The summed E-state index contributed by atoms with van der Waals surface area (Å²) in [5, 5.41) is 4.35. The van der Waals surface area contributed by atoms with Crippen LogP contribution in [0.25, 0.3) is 6.08 Å². The van der Waals surface area contributed by atoms with Crippen molar-refractivity contribution in [1.82, 2.24) is 9.78 Å². The smallest absolute Gasteiger partial charge is 0.250 e. The van der Waals surface area contributed by atoms with Crippen LogP contribution in [0.5, 0.6) is 0 Å². The van der Waals surface area contributed by atoms with Crippen LogP contribution in [-0.4, -0.2) is 22.2 Å². The molecular weight excluding hydrogens is 262 g/mol. The van der Waals surface area contributed by atoms with E-state index in [-0.39, 0.29) is 5.91 Å². The van der Waals surface area contributed by atoms with Gasteiger partial charge < -0.3 is 4.90 Å². The van der Waals surface area contributed by atoms with Crippen LogP contribution in [0.15, 0.2) is 36.4 Å².